The molecule has 144 valence electrons. The van der Waals surface area contributed by atoms with Crippen molar-refractivity contribution in [2.75, 3.05) is 17.2 Å². The number of hydrogen-bond donors (Lipinski definition) is 0. The molecule has 2 aromatic rings. The summed E-state index contributed by atoms with van der Waals surface area (Å²) in [6.07, 6.45) is 0.325. The number of pyridine rings is 1. The second-order valence-corrected chi connectivity index (χ2v) is 6.95. The quantitative estimate of drug-likeness (QED) is 0.376. The molecule has 0 aliphatic rings. The van der Waals surface area contributed by atoms with Gasteiger partial charge in [-0.1, -0.05) is 17.7 Å². The summed E-state index contributed by atoms with van der Waals surface area (Å²) in [6, 6.07) is 10.2. The van der Waals surface area contributed by atoms with Gasteiger partial charge in [0.15, 0.2) is 6.61 Å². The van der Waals surface area contributed by atoms with Gasteiger partial charge in [-0.15, -0.1) is 5.10 Å². The number of aromatic nitrogens is 1. The first-order valence-corrected chi connectivity index (χ1v) is 9.56. The summed E-state index contributed by atoms with van der Waals surface area (Å²) < 4.78 is 43.3. The third-order valence-electron chi connectivity index (χ3n) is 3.29. The molecule has 0 bridgehead atoms. The molecule has 0 N–H and O–H groups in total. The van der Waals surface area contributed by atoms with Crippen molar-refractivity contribution in [2.24, 2.45) is 10.2 Å². The molecule has 0 saturated carbocycles. The van der Waals surface area contributed by atoms with Crippen LogP contribution in [0.5, 0.6) is 0 Å². The summed E-state index contributed by atoms with van der Waals surface area (Å²) >= 11 is 6.00. The summed E-state index contributed by atoms with van der Waals surface area (Å²) in [5, 5.41) is 7.44. The van der Waals surface area contributed by atoms with Crippen LogP contribution in [0, 0.1) is 0 Å². The van der Waals surface area contributed by atoms with E-state index in [2.05, 4.69) is 21.9 Å². The minimum atomic E-state index is -2.64. The minimum absolute atomic E-state index is 0.102. The highest BCUT2D eigenvalue weighted by Gasteiger charge is 2.14. The maximum absolute atomic E-state index is 12.3. The molecule has 0 radical (unpaired) electrons. The van der Waals surface area contributed by atoms with Gasteiger partial charge in [0.05, 0.1) is 23.5 Å². The van der Waals surface area contributed by atoms with Crippen molar-refractivity contribution in [3.8, 4) is 0 Å². The fourth-order valence-electron chi connectivity index (χ4n) is 2.13. The summed E-state index contributed by atoms with van der Waals surface area (Å²) in [7, 11) is -1.31. The molecule has 1 heterocycles. The molecule has 1 aromatic carbocycles. The highest BCUT2D eigenvalue weighted by Crippen LogP contribution is 2.22. The Morgan fingerprint density at radius 3 is 2.74 bits per heavy atom. The zero-order chi connectivity index (χ0) is 19.8. The van der Waals surface area contributed by atoms with Gasteiger partial charge in [-0.3, -0.25) is 9.29 Å². The maximum Gasteiger partial charge on any atom is 0.272 e. The number of rotatable bonds is 8. The predicted molar refractivity (Wildman–Crippen MR) is 104 cm³/mol. The van der Waals surface area contributed by atoms with E-state index < -0.39 is 24.0 Å². The smallest absolute Gasteiger partial charge is 0.272 e. The lowest BCUT2D eigenvalue weighted by atomic mass is 10.2. The largest absolute Gasteiger partial charge is 0.470 e. The average molecular weight is 415 g/mol. The van der Waals surface area contributed by atoms with E-state index in [1.165, 1.54) is 6.20 Å². The van der Waals surface area contributed by atoms with Crippen LogP contribution in [0.3, 0.4) is 0 Å². The van der Waals surface area contributed by atoms with Crippen molar-refractivity contribution >= 4 is 40.9 Å². The molecular weight excluding hydrogens is 398 g/mol. The Bertz CT molecular complexity index is 834. The van der Waals surface area contributed by atoms with Gasteiger partial charge < -0.3 is 4.74 Å². The molecule has 1 atom stereocenters. The number of nitrogens with zero attached hydrogens (tertiary/aromatic N) is 4. The summed E-state index contributed by atoms with van der Waals surface area (Å²) in [6.45, 7) is 2.64. The molecule has 0 spiro atoms. The van der Waals surface area contributed by atoms with Gasteiger partial charge in [-0.25, -0.2) is 13.0 Å². The fraction of sp³-hybridized carbons (Fsp3) is 0.235. The van der Waals surface area contributed by atoms with Crippen molar-refractivity contribution in [1.82, 2.24) is 4.98 Å². The SMILES string of the molecule is C=N/N=C(\OCC(F)F)c1ccc(CN(c2cccc(Cl)c2)S(C)=O)nc1. The van der Waals surface area contributed by atoms with E-state index >= 15 is 0 Å². The summed E-state index contributed by atoms with van der Waals surface area (Å²) in [5.41, 5.74) is 1.67. The molecule has 0 fully saturated rings. The van der Waals surface area contributed by atoms with E-state index in [-0.39, 0.29) is 12.4 Å². The van der Waals surface area contributed by atoms with E-state index in [0.29, 0.717) is 22.0 Å². The van der Waals surface area contributed by atoms with Crippen LogP contribution in [-0.2, 0) is 22.3 Å². The third-order valence-corrected chi connectivity index (χ3v) is 4.49. The van der Waals surface area contributed by atoms with Gasteiger partial charge >= 0.3 is 0 Å². The van der Waals surface area contributed by atoms with Crippen LogP contribution in [0.4, 0.5) is 14.5 Å². The Morgan fingerprint density at radius 1 is 1.41 bits per heavy atom. The molecule has 10 heteroatoms. The Kier molecular flexibility index (Phi) is 7.81. The third kappa shape index (κ3) is 6.37. The van der Waals surface area contributed by atoms with E-state index in [9.17, 15) is 13.0 Å². The summed E-state index contributed by atoms with van der Waals surface area (Å²) in [5.74, 6) is -0.102. The minimum Gasteiger partial charge on any atom is -0.470 e. The van der Waals surface area contributed by atoms with Crippen molar-refractivity contribution in [3.05, 3.63) is 58.9 Å². The Balaban J connectivity index is 2.18. The number of anilines is 1. The Hall–Kier alpha value is -2.39. The zero-order valence-corrected chi connectivity index (χ0v) is 16.0. The second-order valence-electron chi connectivity index (χ2n) is 5.23. The van der Waals surface area contributed by atoms with Crippen molar-refractivity contribution in [3.63, 3.8) is 0 Å². The van der Waals surface area contributed by atoms with Crippen LogP contribution < -0.4 is 4.31 Å². The van der Waals surface area contributed by atoms with E-state index in [4.69, 9.17) is 16.3 Å². The molecule has 1 unspecified atom stereocenters. The first-order chi connectivity index (χ1) is 12.9. The molecule has 0 amide bonds. The lowest BCUT2D eigenvalue weighted by Crippen LogP contribution is -2.24. The maximum atomic E-state index is 12.3. The first kappa shape index (κ1) is 20.9. The molecule has 0 saturated heterocycles. The monoisotopic (exact) mass is 414 g/mol. The molecule has 2 rings (SSSR count). The number of benzene rings is 1. The van der Waals surface area contributed by atoms with E-state index in [1.807, 2.05) is 0 Å². The molecule has 0 aliphatic heterocycles. The molecular formula is C17H17ClF2N4O2S. The average Bonchev–Trinajstić information content (AvgIpc) is 2.63. The highest BCUT2D eigenvalue weighted by molar-refractivity contribution is 7.85. The van der Waals surface area contributed by atoms with Gasteiger partial charge in [-0.05, 0) is 30.3 Å². The molecule has 0 aliphatic carbocycles. The van der Waals surface area contributed by atoms with E-state index in [0.717, 1.165) is 0 Å². The Labute approximate surface area is 163 Å². The van der Waals surface area contributed by atoms with Crippen LogP contribution in [0.2, 0.25) is 5.02 Å². The van der Waals surface area contributed by atoms with Gasteiger partial charge in [0, 0.05) is 24.2 Å². The van der Waals surface area contributed by atoms with Crippen molar-refractivity contribution in [2.45, 2.75) is 13.0 Å². The van der Waals surface area contributed by atoms with Crippen LogP contribution in [0.15, 0.2) is 52.8 Å². The van der Waals surface area contributed by atoms with Crippen LogP contribution >= 0.6 is 11.6 Å². The van der Waals surface area contributed by atoms with Gasteiger partial charge in [0.2, 0.25) is 5.90 Å². The lowest BCUT2D eigenvalue weighted by molar-refractivity contribution is 0.0765. The highest BCUT2D eigenvalue weighted by atomic mass is 35.5. The molecule has 6 nitrogen and oxygen atoms in total. The first-order valence-electron chi connectivity index (χ1n) is 7.67. The van der Waals surface area contributed by atoms with Crippen molar-refractivity contribution < 1.29 is 17.7 Å². The number of hydrogen-bond acceptors (Lipinski definition) is 5. The van der Waals surface area contributed by atoms with Crippen LogP contribution in [0.1, 0.15) is 11.3 Å². The van der Waals surface area contributed by atoms with Gasteiger partial charge in [0.25, 0.3) is 6.43 Å². The number of ether oxygens (including phenoxy) is 1. The van der Waals surface area contributed by atoms with Gasteiger partial charge in [0.1, 0.15) is 11.0 Å². The fourth-order valence-corrected chi connectivity index (χ4v) is 3.04. The molecule has 1 aromatic heterocycles. The van der Waals surface area contributed by atoms with Crippen LogP contribution in [0.25, 0.3) is 0 Å². The van der Waals surface area contributed by atoms with Crippen LogP contribution in [-0.4, -0.2) is 41.1 Å². The molecule has 27 heavy (non-hydrogen) atoms. The standard InChI is InChI=1S/C17H17ClF2N4O2S/c1-21-23-17(26-11-16(19)20)12-6-7-14(22-9-12)10-24(27(2)25)15-5-3-4-13(18)8-15/h3-9,16H,1,10-11H2,2H3/b23-17-. The second kappa shape index (κ2) is 10.1. The number of alkyl halides is 2. The lowest BCUT2D eigenvalue weighted by Gasteiger charge is -2.21. The Morgan fingerprint density at radius 2 is 2.19 bits per heavy atom. The normalized spacial score (nSPS) is 12.7. The topological polar surface area (TPSA) is 67.2 Å². The summed E-state index contributed by atoms with van der Waals surface area (Å²) in [4.78, 5) is 4.26. The number of halogens is 3. The predicted octanol–water partition coefficient (Wildman–Crippen LogP) is 3.68. The van der Waals surface area contributed by atoms with E-state index in [1.54, 1.807) is 47.0 Å². The zero-order valence-electron chi connectivity index (χ0n) is 14.4. The van der Waals surface area contributed by atoms with Gasteiger partial charge in [-0.2, -0.15) is 5.10 Å². The van der Waals surface area contributed by atoms with Crippen molar-refractivity contribution in [1.29, 1.82) is 0 Å².